The molecular weight excluding hydrogens is 156 g/mol. The first-order valence-electron chi connectivity index (χ1n) is 4.58. The summed E-state index contributed by atoms with van der Waals surface area (Å²) < 4.78 is 0. The highest BCUT2D eigenvalue weighted by Gasteiger charge is 2.09. The van der Waals surface area contributed by atoms with Gasteiger partial charge in [0.25, 0.3) is 0 Å². The van der Waals surface area contributed by atoms with Crippen molar-refractivity contribution in [2.45, 2.75) is 56.4 Å². The Kier molecular flexibility index (Phi) is 24.7. The van der Waals surface area contributed by atoms with Crippen LogP contribution in [0.4, 0.5) is 0 Å². The monoisotopic (exact) mass is 186 g/mol. The molecule has 0 aromatic rings. The Hall–Kier alpha value is -0.520. The molecule has 0 N–H and O–H groups in total. The van der Waals surface area contributed by atoms with E-state index in [9.17, 15) is 0 Å². The predicted octanol–water partition coefficient (Wildman–Crippen LogP) is 5.46. The summed E-state index contributed by atoms with van der Waals surface area (Å²) >= 11 is 0. The molecule has 0 nitrogen and oxygen atoms in total. The molecule has 0 bridgehead atoms. The third kappa shape index (κ3) is 14.3. The number of rotatable bonds is 0. The van der Waals surface area contributed by atoms with Gasteiger partial charge in [-0.25, -0.2) is 0 Å². The predicted molar refractivity (Wildman–Crippen MR) is 68.2 cm³/mol. The van der Waals surface area contributed by atoms with E-state index in [2.05, 4.69) is 38.2 Å². The van der Waals surface area contributed by atoms with Crippen molar-refractivity contribution in [3.8, 4) is 0 Å². The highest BCUT2D eigenvalue weighted by Crippen LogP contribution is 2.22. The molecule has 1 rings (SSSR count). The van der Waals surface area contributed by atoms with E-state index in [1.54, 1.807) is 0 Å². The maximum Gasteiger partial charge on any atom is 0.00106 e. The molecule has 1 aliphatic carbocycles. The van der Waals surface area contributed by atoms with Crippen molar-refractivity contribution in [2.75, 3.05) is 0 Å². The van der Waals surface area contributed by atoms with Crippen LogP contribution in [-0.2, 0) is 0 Å². The van der Waals surface area contributed by atoms with E-state index in [0.717, 1.165) is 0 Å². The van der Waals surface area contributed by atoms with Crippen LogP contribution in [0.15, 0.2) is 24.3 Å². The van der Waals surface area contributed by atoms with Crippen molar-refractivity contribution in [2.24, 2.45) is 5.41 Å². The van der Waals surface area contributed by atoms with Gasteiger partial charge < -0.3 is 0 Å². The van der Waals surface area contributed by atoms with E-state index in [4.69, 9.17) is 0 Å². The van der Waals surface area contributed by atoms with E-state index >= 15 is 0 Å². The van der Waals surface area contributed by atoms with Crippen molar-refractivity contribution in [1.82, 2.24) is 0 Å². The molecule has 0 aromatic carbocycles. The maximum atomic E-state index is 2.19. The van der Waals surface area contributed by atoms with Gasteiger partial charge in [-0.3, -0.25) is 0 Å². The van der Waals surface area contributed by atoms with Crippen molar-refractivity contribution >= 4 is 0 Å². The molecule has 0 fully saturated rings. The maximum absolute atomic E-state index is 2.19. The fraction of sp³-hybridized carbons (Fsp3) is 0.692. The standard InChI is InChI=1S/C7H10.2C2H6.2CH4/c1-7(2)5-3-4-6-7;2*1-2;;/h3-6H,1-2H3;2*1-2H3;2*1H4. The van der Waals surface area contributed by atoms with Gasteiger partial charge in [0.15, 0.2) is 0 Å². The molecular formula is C13H30. The summed E-state index contributed by atoms with van der Waals surface area (Å²) in [6.45, 7) is 12.4. The third-order valence-electron chi connectivity index (χ3n) is 1.16. The van der Waals surface area contributed by atoms with E-state index in [1.165, 1.54) is 0 Å². The quantitative estimate of drug-likeness (QED) is 0.471. The van der Waals surface area contributed by atoms with Crippen LogP contribution < -0.4 is 0 Å². The molecule has 0 saturated heterocycles. The van der Waals surface area contributed by atoms with Crippen LogP contribution in [0.1, 0.15) is 56.4 Å². The highest BCUT2D eigenvalue weighted by molar-refractivity contribution is 5.21. The first-order valence-corrected chi connectivity index (χ1v) is 4.58. The van der Waals surface area contributed by atoms with Gasteiger partial charge in [0.1, 0.15) is 0 Å². The summed E-state index contributed by atoms with van der Waals surface area (Å²) in [4.78, 5) is 0. The van der Waals surface area contributed by atoms with Crippen molar-refractivity contribution < 1.29 is 0 Å². The topological polar surface area (TPSA) is 0 Å². The zero-order valence-corrected chi connectivity index (χ0v) is 8.81. The van der Waals surface area contributed by atoms with E-state index < -0.39 is 0 Å². The number of hydrogen-bond donors (Lipinski definition) is 0. The van der Waals surface area contributed by atoms with Crippen LogP contribution in [-0.4, -0.2) is 0 Å². The SMILES string of the molecule is C.C.CC.CC.CC1(C)C=CC=C1. The fourth-order valence-electron chi connectivity index (χ4n) is 0.663. The molecule has 0 unspecified atom stereocenters. The normalized spacial score (nSPS) is 13.7. The van der Waals surface area contributed by atoms with Gasteiger partial charge in [0.2, 0.25) is 0 Å². The Bertz CT molecular complexity index is 102. The van der Waals surface area contributed by atoms with E-state index in [0.29, 0.717) is 5.41 Å². The number of allylic oxidation sites excluding steroid dienone is 4. The highest BCUT2D eigenvalue weighted by atomic mass is 14.1. The first kappa shape index (κ1) is 22.9. The molecule has 82 valence electrons. The van der Waals surface area contributed by atoms with Gasteiger partial charge in [-0.05, 0) is 0 Å². The van der Waals surface area contributed by atoms with Crippen LogP contribution in [0.25, 0.3) is 0 Å². The van der Waals surface area contributed by atoms with Gasteiger partial charge >= 0.3 is 0 Å². The lowest BCUT2D eigenvalue weighted by Crippen LogP contribution is -1.97. The smallest absolute Gasteiger partial charge is 0.00106 e. The molecule has 0 saturated carbocycles. The van der Waals surface area contributed by atoms with Crippen LogP contribution >= 0.6 is 0 Å². The summed E-state index contributed by atoms with van der Waals surface area (Å²) in [5, 5.41) is 0. The third-order valence-corrected chi connectivity index (χ3v) is 1.16. The van der Waals surface area contributed by atoms with Gasteiger partial charge in [-0.1, -0.05) is 80.7 Å². The van der Waals surface area contributed by atoms with Crippen LogP contribution in [0.5, 0.6) is 0 Å². The van der Waals surface area contributed by atoms with Gasteiger partial charge in [0.05, 0.1) is 0 Å². The van der Waals surface area contributed by atoms with Crippen molar-refractivity contribution in [3.63, 3.8) is 0 Å². The second-order valence-corrected chi connectivity index (χ2v) is 2.54. The minimum atomic E-state index is 0. The minimum Gasteiger partial charge on any atom is -0.0776 e. The Morgan fingerprint density at radius 3 is 1.00 bits per heavy atom. The Balaban J connectivity index is -0.0000000607. The minimum absolute atomic E-state index is 0. The fourth-order valence-corrected chi connectivity index (χ4v) is 0.663. The van der Waals surface area contributed by atoms with E-state index in [-0.39, 0.29) is 14.9 Å². The molecule has 0 heterocycles. The number of hydrogen-bond acceptors (Lipinski definition) is 0. The Morgan fingerprint density at radius 1 is 0.692 bits per heavy atom. The molecule has 1 aliphatic rings. The molecule has 0 atom stereocenters. The summed E-state index contributed by atoms with van der Waals surface area (Å²) in [6.07, 6.45) is 8.54. The summed E-state index contributed by atoms with van der Waals surface area (Å²) in [6, 6.07) is 0. The second kappa shape index (κ2) is 14.0. The largest absolute Gasteiger partial charge is 0.0776 e. The van der Waals surface area contributed by atoms with Gasteiger partial charge in [-0.15, -0.1) is 0 Å². The van der Waals surface area contributed by atoms with Crippen LogP contribution in [0.3, 0.4) is 0 Å². The molecule has 0 radical (unpaired) electrons. The molecule has 0 spiro atoms. The zero-order valence-electron chi connectivity index (χ0n) is 8.81. The average Bonchev–Trinajstić information content (AvgIpc) is 2.43. The molecule has 0 heteroatoms. The summed E-state index contributed by atoms with van der Waals surface area (Å²) in [7, 11) is 0. The zero-order chi connectivity index (χ0) is 9.33. The van der Waals surface area contributed by atoms with Gasteiger partial charge in [0, 0.05) is 5.41 Å². The summed E-state index contributed by atoms with van der Waals surface area (Å²) in [5.41, 5.74) is 0.333. The van der Waals surface area contributed by atoms with Crippen molar-refractivity contribution in [3.05, 3.63) is 24.3 Å². The second-order valence-electron chi connectivity index (χ2n) is 2.54. The van der Waals surface area contributed by atoms with Crippen molar-refractivity contribution in [1.29, 1.82) is 0 Å². The lowest BCUT2D eigenvalue weighted by Gasteiger charge is -2.08. The van der Waals surface area contributed by atoms with Gasteiger partial charge in [-0.2, -0.15) is 0 Å². The summed E-state index contributed by atoms with van der Waals surface area (Å²) in [5.74, 6) is 0. The van der Waals surface area contributed by atoms with Crippen LogP contribution in [0, 0.1) is 5.41 Å². The lowest BCUT2D eigenvalue weighted by atomic mass is 9.97. The molecule has 13 heavy (non-hydrogen) atoms. The lowest BCUT2D eigenvalue weighted by molar-refractivity contribution is 0.636. The average molecular weight is 186 g/mol. The molecule has 0 aliphatic heterocycles. The first-order chi connectivity index (χ1) is 5.21. The Labute approximate surface area is 86.8 Å². The Morgan fingerprint density at radius 2 is 0.923 bits per heavy atom. The van der Waals surface area contributed by atoms with Crippen LogP contribution in [0.2, 0.25) is 0 Å². The molecule has 0 aromatic heterocycles. The molecule has 0 amide bonds. The van der Waals surface area contributed by atoms with E-state index in [1.807, 2.05) is 27.7 Å².